The van der Waals surface area contributed by atoms with Crippen LogP contribution >= 0.6 is 24.0 Å². The molecule has 0 saturated carbocycles. The van der Waals surface area contributed by atoms with Crippen molar-refractivity contribution in [1.82, 2.24) is 25.7 Å². The van der Waals surface area contributed by atoms with Gasteiger partial charge >= 0.3 is 0 Å². The number of amides is 1. The molecule has 1 aromatic heterocycles. The van der Waals surface area contributed by atoms with E-state index in [-0.39, 0.29) is 17.2 Å². The molecule has 0 radical (unpaired) electrons. The van der Waals surface area contributed by atoms with Crippen LogP contribution in [-0.4, -0.2) is 32.9 Å². The average Bonchev–Trinajstić information content (AvgIpc) is 2.65. The topological polar surface area (TPSA) is 88.1 Å². The molecule has 2 aromatic rings. The molecule has 26 heavy (non-hydrogen) atoms. The molecule has 0 bridgehead atoms. The average molecular weight is 394 g/mol. The monoisotopic (exact) mass is 393 g/mol. The number of nitrogens with one attached hydrogen (secondary N) is 3. The van der Waals surface area contributed by atoms with Crippen LogP contribution in [0.3, 0.4) is 0 Å². The van der Waals surface area contributed by atoms with Crippen molar-refractivity contribution in [3.8, 4) is 0 Å². The Morgan fingerprint density at radius 1 is 1.27 bits per heavy atom. The van der Waals surface area contributed by atoms with Gasteiger partial charge in [0.1, 0.15) is 0 Å². The molecule has 1 amide bonds. The van der Waals surface area contributed by atoms with Gasteiger partial charge in [-0.15, -0.1) is 0 Å². The lowest BCUT2D eigenvalue weighted by Gasteiger charge is -2.12. The lowest BCUT2D eigenvalue weighted by atomic mass is 10.2. The summed E-state index contributed by atoms with van der Waals surface area (Å²) in [6, 6.07) is 7.20. The highest BCUT2D eigenvalue weighted by molar-refractivity contribution is 7.99. The zero-order valence-electron chi connectivity index (χ0n) is 14.9. The summed E-state index contributed by atoms with van der Waals surface area (Å²) >= 11 is 6.29. The van der Waals surface area contributed by atoms with Gasteiger partial charge in [-0.25, -0.2) is 4.98 Å². The van der Waals surface area contributed by atoms with E-state index in [9.17, 15) is 9.59 Å². The molecule has 2 rings (SSSR count). The first-order chi connectivity index (χ1) is 12.6. The van der Waals surface area contributed by atoms with Crippen molar-refractivity contribution in [3.63, 3.8) is 0 Å². The number of hydrazine groups is 1. The fourth-order valence-corrected chi connectivity index (χ4v) is 3.27. The van der Waals surface area contributed by atoms with Gasteiger partial charge < -0.3 is 5.32 Å². The number of benzene rings is 1. The Morgan fingerprint density at radius 2 is 2.04 bits per heavy atom. The van der Waals surface area contributed by atoms with E-state index in [1.54, 1.807) is 16.7 Å². The SMILES string of the molecule is CCCCNC(=S)NNC(=O)CSc1nc2ccccc2c(=O)n1CC. The standard InChI is InChI=1S/C17H23N5O2S2/c1-3-5-10-18-16(25)21-20-14(23)11-26-17-19-13-9-7-6-8-12(13)15(24)22(17)4-2/h6-9H,3-5,10-11H2,1-2H3,(H,20,23)(H2,18,21,25). The summed E-state index contributed by atoms with van der Waals surface area (Å²) < 4.78 is 1.57. The molecule has 0 fully saturated rings. The Kier molecular flexibility index (Phi) is 7.86. The predicted molar refractivity (Wildman–Crippen MR) is 109 cm³/mol. The van der Waals surface area contributed by atoms with Crippen LogP contribution in [0, 0.1) is 0 Å². The number of rotatable bonds is 7. The van der Waals surface area contributed by atoms with Crippen molar-refractivity contribution in [3.05, 3.63) is 34.6 Å². The molecular weight excluding hydrogens is 370 g/mol. The number of nitrogens with zero attached hydrogens (tertiary/aromatic N) is 2. The zero-order valence-corrected chi connectivity index (χ0v) is 16.5. The first-order valence-electron chi connectivity index (χ1n) is 8.51. The summed E-state index contributed by atoms with van der Waals surface area (Å²) in [7, 11) is 0. The number of para-hydroxylation sites is 1. The van der Waals surface area contributed by atoms with Crippen molar-refractivity contribution in [2.24, 2.45) is 0 Å². The first-order valence-corrected chi connectivity index (χ1v) is 9.91. The molecule has 0 saturated heterocycles. The Hall–Kier alpha value is -2.13. The summed E-state index contributed by atoms with van der Waals surface area (Å²) in [4.78, 5) is 29.0. The normalized spacial score (nSPS) is 10.5. The molecule has 0 spiro atoms. The van der Waals surface area contributed by atoms with Crippen molar-refractivity contribution < 1.29 is 4.79 Å². The third-order valence-corrected chi connectivity index (χ3v) is 4.83. The number of hydrogen-bond acceptors (Lipinski definition) is 5. The van der Waals surface area contributed by atoms with Crippen molar-refractivity contribution in [2.75, 3.05) is 12.3 Å². The maximum Gasteiger partial charge on any atom is 0.262 e. The fourth-order valence-electron chi connectivity index (χ4n) is 2.25. The lowest BCUT2D eigenvalue weighted by Crippen LogP contribution is -2.47. The van der Waals surface area contributed by atoms with Crippen LogP contribution in [0.4, 0.5) is 0 Å². The summed E-state index contributed by atoms with van der Waals surface area (Å²) in [6.45, 7) is 5.22. The molecule has 7 nitrogen and oxygen atoms in total. The van der Waals surface area contributed by atoms with Gasteiger partial charge in [-0.1, -0.05) is 37.2 Å². The van der Waals surface area contributed by atoms with Crippen molar-refractivity contribution >= 4 is 45.9 Å². The second kappa shape index (κ2) is 10.1. The van der Waals surface area contributed by atoms with Crippen LogP contribution in [0.5, 0.6) is 0 Å². The highest BCUT2D eigenvalue weighted by atomic mass is 32.2. The molecule has 0 aliphatic rings. The summed E-state index contributed by atoms with van der Waals surface area (Å²) in [5, 5.41) is 4.48. The third-order valence-electron chi connectivity index (χ3n) is 3.61. The van der Waals surface area contributed by atoms with E-state index in [4.69, 9.17) is 12.2 Å². The number of hydrogen-bond donors (Lipinski definition) is 3. The lowest BCUT2D eigenvalue weighted by molar-refractivity contribution is -0.119. The van der Waals surface area contributed by atoms with E-state index in [1.807, 2.05) is 19.1 Å². The van der Waals surface area contributed by atoms with Crippen LogP contribution in [0.2, 0.25) is 0 Å². The zero-order chi connectivity index (χ0) is 18.9. The Balaban J connectivity index is 1.95. The summed E-state index contributed by atoms with van der Waals surface area (Å²) in [5.41, 5.74) is 5.74. The smallest absolute Gasteiger partial charge is 0.262 e. The van der Waals surface area contributed by atoms with Crippen molar-refractivity contribution in [2.45, 2.75) is 38.4 Å². The van der Waals surface area contributed by atoms with Gasteiger partial charge in [0.2, 0.25) is 5.91 Å². The molecule has 3 N–H and O–H groups in total. The van der Waals surface area contributed by atoms with Gasteiger partial charge in [0.15, 0.2) is 10.3 Å². The second-order valence-corrected chi connectivity index (χ2v) is 6.88. The van der Waals surface area contributed by atoms with Crippen LogP contribution in [0.15, 0.2) is 34.2 Å². The number of carbonyl (C=O) groups excluding carboxylic acids is 1. The Morgan fingerprint density at radius 3 is 2.77 bits per heavy atom. The molecular formula is C17H23N5O2S2. The minimum atomic E-state index is -0.250. The number of thioether (sulfide) groups is 1. The largest absolute Gasteiger partial charge is 0.361 e. The molecule has 0 aliphatic heterocycles. The summed E-state index contributed by atoms with van der Waals surface area (Å²) in [5.74, 6) is -0.130. The molecule has 140 valence electrons. The van der Waals surface area contributed by atoms with E-state index >= 15 is 0 Å². The van der Waals surface area contributed by atoms with Gasteiger partial charge in [-0.2, -0.15) is 0 Å². The van der Waals surface area contributed by atoms with Gasteiger partial charge in [0, 0.05) is 13.1 Å². The minimum absolute atomic E-state index is 0.0968. The molecule has 1 heterocycles. The van der Waals surface area contributed by atoms with E-state index in [0.29, 0.717) is 27.7 Å². The van der Waals surface area contributed by atoms with E-state index in [0.717, 1.165) is 19.4 Å². The van der Waals surface area contributed by atoms with Crippen LogP contribution in [0.1, 0.15) is 26.7 Å². The molecule has 9 heteroatoms. The number of unbranched alkanes of at least 4 members (excludes halogenated alkanes) is 1. The van der Waals surface area contributed by atoms with Gasteiger partial charge in [0.25, 0.3) is 5.56 Å². The van der Waals surface area contributed by atoms with Gasteiger partial charge in [-0.05, 0) is 37.7 Å². The van der Waals surface area contributed by atoms with E-state index in [1.165, 1.54) is 11.8 Å². The predicted octanol–water partition coefficient (Wildman–Crippen LogP) is 1.80. The third kappa shape index (κ3) is 5.43. The number of fused-ring (bicyclic) bond motifs is 1. The molecule has 0 atom stereocenters. The summed E-state index contributed by atoms with van der Waals surface area (Å²) in [6.07, 6.45) is 2.07. The second-order valence-electron chi connectivity index (χ2n) is 5.53. The fraction of sp³-hybridized carbons (Fsp3) is 0.412. The maximum atomic E-state index is 12.5. The van der Waals surface area contributed by atoms with Crippen molar-refractivity contribution in [1.29, 1.82) is 0 Å². The highest BCUT2D eigenvalue weighted by Crippen LogP contribution is 2.17. The molecule has 1 aromatic carbocycles. The molecule has 0 aliphatic carbocycles. The first kappa shape index (κ1) is 20.2. The van der Waals surface area contributed by atoms with Gasteiger partial charge in [-0.3, -0.25) is 25.0 Å². The number of aromatic nitrogens is 2. The maximum absolute atomic E-state index is 12.5. The number of carbonyl (C=O) groups is 1. The quantitative estimate of drug-likeness (QED) is 0.217. The number of thiocarbonyl (C=S) groups is 1. The van der Waals surface area contributed by atoms with Crippen LogP contribution in [0.25, 0.3) is 10.9 Å². The highest BCUT2D eigenvalue weighted by Gasteiger charge is 2.12. The molecule has 0 unspecified atom stereocenters. The minimum Gasteiger partial charge on any atom is -0.361 e. The van der Waals surface area contributed by atoms with Crippen LogP contribution < -0.4 is 21.7 Å². The van der Waals surface area contributed by atoms with E-state index in [2.05, 4.69) is 28.1 Å². The Labute approximate surface area is 161 Å². The van der Waals surface area contributed by atoms with Crippen LogP contribution in [-0.2, 0) is 11.3 Å². The van der Waals surface area contributed by atoms with Gasteiger partial charge in [0.05, 0.1) is 16.7 Å². The Bertz CT molecular complexity index is 838. The van der Waals surface area contributed by atoms with E-state index < -0.39 is 0 Å².